The summed E-state index contributed by atoms with van der Waals surface area (Å²) < 4.78 is 15.6. The number of hydrogen-bond acceptors (Lipinski definition) is 5. The normalized spacial score (nSPS) is 18.1. The van der Waals surface area contributed by atoms with Crippen LogP contribution in [0.4, 0.5) is 10.2 Å². The molecule has 1 aliphatic heterocycles. The number of halogens is 1. The number of imidazole rings is 1. The van der Waals surface area contributed by atoms with Gasteiger partial charge in [0, 0.05) is 38.1 Å². The Morgan fingerprint density at radius 1 is 1.34 bits per heavy atom. The lowest BCUT2D eigenvalue weighted by molar-refractivity contribution is -0.118. The van der Waals surface area contributed by atoms with Crippen LogP contribution in [0, 0.1) is 12.7 Å². The van der Waals surface area contributed by atoms with Gasteiger partial charge in [-0.3, -0.25) is 14.6 Å². The molecule has 3 aromatic rings. The van der Waals surface area contributed by atoms with Gasteiger partial charge in [-0.2, -0.15) is 5.10 Å². The maximum Gasteiger partial charge on any atom is 0.239 e. The molecule has 0 bridgehead atoms. The molecule has 3 heterocycles. The molecule has 1 atom stereocenters. The van der Waals surface area contributed by atoms with Gasteiger partial charge in [0.05, 0.1) is 18.3 Å². The molecule has 9 heteroatoms. The number of carbonyl (C=O) groups excluding carboxylic acids is 1. The summed E-state index contributed by atoms with van der Waals surface area (Å²) in [4.78, 5) is 24.5. The first-order valence-electron chi connectivity index (χ1n) is 9.54. The van der Waals surface area contributed by atoms with E-state index in [4.69, 9.17) is 0 Å². The second kappa shape index (κ2) is 8.14. The van der Waals surface area contributed by atoms with Crippen molar-refractivity contribution in [3.63, 3.8) is 0 Å². The highest BCUT2D eigenvalue weighted by Gasteiger charge is 2.28. The quantitative estimate of drug-likeness (QED) is 0.688. The number of H-pyrrole nitrogens is 1. The number of anilines is 1. The number of aromatic amines is 1. The number of rotatable bonds is 5. The minimum Gasteiger partial charge on any atom is -0.347 e. The topological polar surface area (TPSA) is 82.1 Å². The maximum atomic E-state index is 14.2. The monoisotopic (exact) mass is 397 g/mol. The van der Waals surface area contributed by atoms with Gasteiger partial charge in [-0.15, -0.1) is 0 Å². The molecule has 0 radical (unpaired) electrons. The van der Waals surface area contributed by atoms with Gasteiger partial charge < -0.3 is 10.3 Å². The lowest BCUT2D eigenvalue weighted by Gasteiger charge is -2.38. The molecule has 152 valence electrons. The minimum atomic E-state index is -0.397. The number of para-hydroxylation sites is 1. The van der Waals surface area contributed by atoms with E-state index in [0.29, 0.717) is 23.7 Å². The van der Waals surface area contributed by atoms with Crippen molar-refractivity contribution in [3.05, 3.63) is 60.1 Å². The number of nitrogens with one attached hydrogen (secondary N) is 2. The average Bonchev–Trinajstić information content (AvgIpc) is 3.34. The standard InChI is InChI=1S/C20H24FN7O/c1-14-11-18(28(25-14)16-6-4-3-5-15(16)21)24-19(29)13-27-10-9-26(2)17(12-27)20-22-7-8-23-20/h3-8,11,17H,9-10,12-13H2,1-2H3,(H,22,23)(H,24,29). The molecule has 0 saturated carbocycles. The van der Waals surface area contributed by atoms with Gasteiger partial charge in [0.1, 0.15) is 23.1 Å². The highest BCUT2D eigenvalue weighted by Crippen LogP contribution is 2.22. The van der Waals surface area contributed by atoms with E-state index < -0.39 is 5.82 Å². The molecule has 4 rings (SSSR count). The van der Waals surface area contributed by atoms with Crippen LogP contribution in [-0.2, 0) is 4.79 Å². The Hall–Kier alpha value is -3.04. The lowest BCUT2D eigenvalue weighted by Crippen LogP contribution is -2.49. The second-order valence-corrected chi connectivity index (χ2v) is 7.29. The molecule has 0 spiro atoms. The van der Waals surface area contributed by atoms with Crippen LogP contribution < -0.4 is 5.32 Å². The summed E-state index contributed by atoms with van der Waals surface area (Å²) in [6.45, 7) is 4.37. The van der Waals surface area contributed by atoms with Crippen LogP contribution in [0.15, 0.2) is 42.7 Å². The first-order valence-corrected chi connectivity index (χ1v) is 9.54. The fourth-order valence-corrected chi connectivity index (χ4v) is 3.61. The van der Waals surface area contributed by atoms with Gasteiger partial charge in [0.2, 0.25) is 5.91 Å². The van der Waals surface area contributed by atoms with Crippen molar-refractivity contribution in [3.8, 4) is 5.69 Å². The van der Waals surface area contributed by atoms with Crippen LogP contribution in [-0.4, -0.2) is 68.7 Å². The number of carbonyl (C=O) groups is 1. The lowest BCUT2D eigenvalue weighted by atomic mass is 10.1. The molecule has 1 aromatic carbocycles. The Kier molecular flexibility index (Phi) is 5.41. The van der Waals surface area contributed by atoms with E-state index in [0.717, 1.165) is 18.9 Å². The van der Waals surface area contributed by atoms with Crippen molar-refractivity contribution >= 4 is 11.7 Å². The van der Waals surface area contributed by atoms with Crippen molar-refractivity contribution in [1.82, 2.24) is 29.5 Å². The van der Waals surface area contributed by atoms with E-state index in [1.807, 2.05) is 0 Å². The predicted molar refractivity (Wildman–Crippen MR) is 107 cm³/mol. The van der Waals surface area contributed by atoms with E-state index in [-0.39, 0.29) is 18.5 Å². The molecule has 1 saturated heterocycles. The van der Waals surface area contributed by atoms with Gasteiger partial charge in [-0.25, -0.2) is 14.1 Å². The van der Waals surface area contributed by atoms with E-state index in [1.165, 1.54) is 10.7 Å². The molecule has 2 aromatic heterocycles. The van der Waals surface area contributed by atoms with Crippen LogP contribution in [0.25, 0.3) is 5.69 Å². The molecule has 29 heavy (non-hydrogen) atoms. The Balaban J connectivity index is 1.45. The summed E-state index contributed by atoms with van der Waals surface area (Å²) in [6.07, 6.45) is 3.54. The minimum absolute atomic E-state index is 0.109. The highest BCUT2D eigenvalue weighted by molar-refractivity contribution is 5.91. The average molecular weight is 397 g/mol. The largest absolute Gasteiger partial charge is 0.347 e. The van der Waals surface area contributed by atoms with Crippen molar-refractivity contribution in [2.45, 2.75) is 13.0 Å². The number of nitrogens with zero attached hydrogens (tertiary/aromatic N) is 5. The fraction of sp³-hybridized carbons (Fsp3) is 0.350. The van der Waals surface area contributed by atoms with Crippen LogP contribution in [0.5, 0.6) is 0 Å². The molecule has 2 N–H and O–H groups in total. The van der Waals surface area contributed by atoms with E-state index in [2.05, 4.69) is 37.2 Å². The number of hydrogen-bond donors (Lipinski definition) is 2. The molecule has 1 aliphatic rings. The van der Waals surface area contributed by atoms with E-state index in [9.17, 15) is 9.18 Å². The molecular formula is C20H24FN7O. The molecule has 1 fully saturated rings. The Morgan fingerprint density at radius 2 is 2.17 bits per heavy atom. The van der Waals surface area contributed by atoms with Gasteiger partial charge in [0.15, 0.2) is 0 Å². The Bertz CT molecular complexity index is 985. The number of likely N-dealkylation sites (N-methyl/N-ethyl adjacent to an activating group) is 1. The van der Waals surface area contributed by atoms with Gasteiger partial charge in [-0.1, -0.05) is 12.1 Å². The SMILES string of the molecule is Cc1cc(NC(=O)CN2CCN(C)C(c3ncc[nH]3)C2)n(-c2ccccc2F)n1. The summed E-state index contributed by atoms with van der Waals surface area (Å²) in [5.41, 5.74) is 0.995. The third-order valence-corrected chi connectivity index (χ3v) is 5.11. The van der Waals surface area contributed by atoms with E-state index >= 15 is 0 Å². The van der Waals surface area contributed by atoms with E-state index in [1.54, 1.807) is 43.6 Å². The highest BCUT2D eigenvalue weighted by atomic mass is 19.1. The molecule has 0 aliphatic carbocycles. The number of amides is 1. The number of aryl methyl sites for hydroxylation is 1. The predicted octanol–water partition coefficient (Wildman–Crippen LogP) is 1.97. The number of benzene rings is 1. The third kappa shape index (κ3) is 4.20. The summed E-state index contributed by atoms with van der Waals surface area (Å²) in [7, 11) is 2.06. The zero-order valence-electron chi connectivity index (χ0n) is 16.5. The summed E-state index contributed by atoms with van der Waals surface area (Å²) in [6, 6.07) is 8.21. The van der Waals surface area contributed by atoms with Crippen molar-refractivity contribution in [2.75, 3.05) is 38.5 Å². The zero-order valence-corrected chi connectivity index (χ0v) is 16.5. The second-order valence-electron chi connectivity index (χ2n) is 7.29. The van der Waals surface area contributed by atoms with Crippen LogP contribution in [0.1, 0.15) is 17.6 Å². The summed E-state index contributed by atoms with van der Waals surface area (Å²) in [5.74, 6) is 0.789. The molecular weight excluding hydrogens is 373 g/mol. The Labute approximate surface area is 168 Å². The summed E-state index contributed by atoms with van der Waals surface area (Å²) in [5, 5.41) is 7.21. The number of aromatic nitrogens is 4. The first kappa shape index (κ1) is 19.3. The Morgan fingerprint density at radius 3 is 2.93 bits per heavy atom. The molecule has 1 amide bonds. The molecule has 8 nitrogen and oxygen atoms in total. The fourth-order valence-electron chi connectivity index (χ4n) is 3.61. The van der Waals surface area contributed by atoms with Crippen LogP contribution in [0.3, 0.4) is 0 Å². The van der Waals surface area contributed by atoms with Gasteiger partial charge in [0.25, 0.3) is 0 Å². The van der Waals surface area contributed by atoms with Crippen molar-refractivity contribution in [2.24, 2.45) is 0 Å². The number of piperazine rings is 1. The van der Waals surface area contributed by atoms with Gasteiger partial charge in [-0.05, 0) is 26.1 Å². The van der Waals surface area contributed by atoms with Crippen LogP contribution in [0.2, 0.25) is 0 Å². The van der Waals surface area contributed by atoms with Crippen molar-refractivity contribution in [1.29, 1.82) is 0 Å². The molecule has 1 unspecified atom stereocenters. The zero-order chi connectivity index (χ0) is 20.4. The first-order chi connectivity index (χ1) is 14.0. The van der Waals surface area contributed by atoms with Crippen molar-refractivity contribution < 1.29 is 9.18 Å². The maximum absolute atomic E-state index is 14.2. The third-order valence-electron chi connectivity index (χ3n) is 5.11. The smallest absolute Gasteiger partial charge is 0.239 e. The van der Waals surface area contributed by atoms with Crippen LogP contribution >= 0.6 is 0 Å². The summed E-state index contributed by atoms with van der Waals surface area (Å²) >= 11 is 0. The van der Waals surface area contributed by atoms with Gasteiger partial charge >= 0.3 is 0 Å².